The highest BCUT2D eigenvalue weighted by Gasteiger charge is 2.16. The molecular formula is C5H5IN2S. The number of aromatic amines is 1. The predicted molar refractivity (Wildman–Crippen MR) is 45.7 cm³/mol. The maximum Gasteiger partial charge on any atom is 0.136 e. The Bertz CT molecular complexity index is 233. The van der Waals surface area contributed by atoms with Crippen LogP contribution in [0, 0.1) is 3.70 Å². The molecule has 1 aliphatic heterocycles. The van der Waals surface area contributed by atoms with Crippen molar-refractivity contribution in [1.82, 2.24) is 10.2 Å². The Morgan fingerprint density at radius 1 is 1.67 bits per heavy atom. The van der Waals surface area contributed by atoms with Crippen molar-refractivity contribution in [3.05, 3.63) is 9.39 Å². The molecule has 2 heterocycles. The molecule has 1 aromatic rings. The van der Waals surface area contributed by atoms with Gasteiger partial charge < -0.3 is 0 Å². The number of thioether (sulfide) groups is 1. The summed E-state index contributed by atoms with van der Waals surface area (Å²) in [5.41, 5.74) is 1.32. The lowest BCUT2D eigenvalue weighted by atomic mass is 10.4. The van der Waals surface area contributed by atoms with Crippen molar-refractivity contribution in [3.63, 3.8) is 0 Å². The number of nitrogens with one attached hydrogen (secondary N) is 1. The zero-order valence-electron chi connectivity index (χ0n) is 4.65. The number of H-pyrrole nitrogens is 1. The first-order valence-electron chi connectivity index (χ1n) is 2.73. The quantitative estimate of drug-likeness (QED) is 0.711. The summed E-state index contributed by atoms with van der Waals surface area (Å²) in [6.07, 6.45) is 1.16. The van der Waals surface area contributed by atoms with Crippen LogP contribution in [0.5, 0.6) is 0 Å². The van der Waals surface area contributed by atoms with E-state index in [-0.39, 0.29) is 0 Å². The fourth-order valence-electron chi connectivity index (χ4n) is 0.914. The summed E-state index contributed by atoms with van der Waals surface area (Å²) in [6.45, 7) is 0. The third kappa shape index (κ3) is 0.881. The van der Waals surface area contributed by atoms with Gasteiger partial charge in [-0.15, -0.1) is 11.8 Å². The Labute approximate surface area is 70.9 Å². The van der Waals surface area contributed by atoms with Crippen molar-refractivity contribution in [2.45, 2.75) is 11.3 Å². The van der Waals surface area contributed by atoms with Crippen LogP contribution in [0.25, 0.3) is 0 Å². The summed E-state index contributed by atoms with van der Waals surface area (Å²) >= 11 is 4.16. The topological polar surface area (TPSA) is 28.7 Å². The van der Waals surface area contributed by atoms with Gasteiger partial charge in [0.2, 0.25) is 0 Å². The number of hydrogen-bond acceptors (Lipinski definition) is 2. The zero-order valence-corrected chi connectivity index (χ0v) is 7.62. The van der Waals surface area contributed by atoms with E-state index in [0.29, 0.717) is 0 Å². The molecule has 2 rings (SSSR count). The van der Waals surface area contributed by atoms with Gasteiger partial charge in [0.05, 0.1) is 10.6 Å². The third-order valence-electron chi connectivity index (χ3n) is 1.35. The summed E-state index contributed by atoms with van der Waals surface area (Å²) in [4.78, 5) is 1.37. The highest BCUT2D eigenvalue weighted by Crippen LogP contribution is 2.32. The largest absolute Gasteiger partial charge is 0.280 e. The van der Waals surface area contributed by atoms with Gasteiger partial charge >= 0.3 is 0 Å². The van der Waals surface area contributed by atoms with Gasteiger partial charge in [0.25, 0.3) is 0 Å². The van der Waals surface area contributed by atoms with Gasteiger partial charge in [0.15, 0.2) is 0 Å². The molecule has 1 aliphatic rings. The first kappa shape index (κ1) is 6.03. The molecular weight excluding hydrogens is 247 g/mol. The predicted octanol–water partition coefficient (Wildman–Crippen LogP) is 1.66. The summed E-state index contributed by atoms with van der Waals surface area (Å²) < 4.78 is 1.13. The van der Waals surface area contributed by atoms with E-state index < -0.39 is 0 Å². The average Bonchev–Trinajstić information content (AvgIpc) is 2.35. The molecule has 0 atom stereocenters. The molecule has 2 nitrogen and oxygen atoms in total. The Morgan fingerprint density at radius 2 is 2.56 bits per heavy atom. The SMILES string of the molecule is Ic1n[nH]c2c1SCC2. The van der Waals surface area contributed by atoms with Gasteiger partial charge in [-0.25, -0.2) is 0 Å². The van der Waals surface area contributed by atoms with Crippen LogP contribution in [0.4, 0.5) is 0 Å². The molecule has 48 valence electrons. The zero-order chi connectivity index (χ0) is 6.27. The second-order valence-corrected chi connectivity index (χ2v) is 4.05. The number of halogens is 1. The number of nitrogens with zero attached hydrogens (tertiary/aromatic N) is 1. The first-order valence-corrected chi connectivity index (χ1v) is 4.80. The monoisotopic (exact) mass is 252 g/mol. The summed E-state index contributed by atoms with van der Waals surface area (Å²) in [5, 5.41) is 7.09. The molecule has 0 fully saturated rings. The summed E-state index contributed by atoms with van der Waals surface area (Å²) in [6, 6.07) is 0. The van der Waals surface area contributed by atoms with E-state index in [1.807, 2.05) is 11.8 Å². The summed E-state index contributed by atoms with van der Waals surface area (Å²) in [5.74, 6) is 1.22. The highest BCUT2D eigenvalue weighted by atomic mass is 127. The fraction of sp³-hybridized carbons (Fsp3) is 0.400. The van der Waals surface area contributed by atoms with Crippen LogP contribution < -0.4 is 0 Å². The third-order valence-corrected chi connectivity index (χ3v) is 3.63. The van der Waals surface area contributed by atoms with Crippen molar-refractivity contribution < 1.29 is 0 Å². The van der Waals surface area contributed by atoms with E-state index in [9.17, 15) is 0 Å². The van der Waals surface area contributed by atoms with Crippen LogP contribution in [0.1, 0.15) is 5.69 Å². The Balaban J connectivity index is 2.56. The van der Waals surface area contributed by atoms with Crippen LogP contribution >= 0.6 is 34.4 Å². The molecule has 0 spiro atoms. The molecule has 0 amide bonds. The number of rotatable bonds is 0. The molecule has 0 unspecified atom stereocenters. The number of aromatic nitrogens is 2. The Kier molecular flexibility index (Phi) is 1.45. The van der Waals surface area contributed by atoms with E-state index in [0.717, 1.165) is 10.1 Å². The minimum absolute atomic E-state index is 1.13. The minimum Gasteiger partial charge on any atom is -0.280 e. The van der Waals surface area contributed by atoms with E-state index in [4.69, 9.17) is 0 Å². The van der Waals surface area contributed by atoms with Crippen LogP contribution in [0.2, 0.25) is 0 Å². The minimum atomic E-state index is 1.13. The van der Waals surface area contributed by atoms with Crippen molar-refractivity contribution in [2.75, 3.05) is 5.75 Å². The smallest absolute Gasteiger partial charge is 0.136 e. The molecule has 0 bridgehead atoms. The van der Waals surface area contributed by atoms with Crippen LogP contribution in [0.15, 0.2) is 4.90 Å². The molecule has 0 radical (unpaired) electrons. The second kappa shape index (κ2) is 2.16. The van der Waals surface area contributed by atoms with Crippen LogP contribution in [-0.2, 0) is 6.42 Å². The van der Waals surface area contributed by atoms with E-state index in [1.165, 1.54) is 16.3 Å². The molecule has 0 saturated heterocycles. The molecule has 0 aliphatic carbocycles. The molecule has 4 heteroatoms. The van der Waals surface area contributed by atoms with Gasteiger partial charge in [-0.2, -0.15) is 5.10 Å². The van der Waals surface area contributed by atoms with Gasteiger partial charge in [-0.3, -0.25) is 5.10 Å². The standard InChI is InChI=1S/C5H5IN2S/c6-5-4-3(7-8-5)1-2-9-4/h1-2H2,(H,7,8). The fourth-order valence-corrected chi connectivity index (χ4v) is 2.82. The van der Waals surface area contributed by atoms with Crippen molar-refractivity contribution in [3.8, 4) is 0 Å². The highest BCUT2D eigenvalue weighted by molar-refractivity contribution is 14.1. The molecule has 9 heavy (non-hydrogen) atoms. The van der Waals surface area contributed by atoms with Gasteiger partial charge in [0, 0.05) is 5.75 Å². The van der Waals surface area contributed by atoms with Crippen LogP contribution in [-0.4, -0.2) is 16.0 Å². The normalized spacial score (nSPS) is 16.1. The second-order valence-electron chi connectivity index (χ2n) is 1.92. The maximum absolute atomic E-state index is 4.08. The Hall–Kier alpha value is 0.290. The molecule has 0 saturated carbocycles. The van der Waals surface area contributed by atoms with Crippen LogP contribution in [0.3, 0.4) is 0 Å². The molecule has 1 aromatic heterocycles. The van der Waals surface area contributed by atoms with Gasteiger partial charge in [-0.05, 0) is 29.0 Å². The van der Waals surface area contributed by atoms with E-state index in [2.05, 4.69) is 32.8 Å². The molecule has 0 aromatic carbocycles. The average molecular weight is 252 g/mol. The van der Waals surface area contributed by atoms with E-state index >= 15 is 0 Å². The van der Waals surface area contributed by atoms with Crippen molar-refractivity contribution in [1.29, 1.82) is 0 Å². The lowest BCUT2D eigenvalue weighted by Crippen LogP contribution is -1.80. The summed E-state index contributed by atoms with van der Waals surface area (Å²) in [7, 11) is 0. The molecule has 1 N–H and O–H groups in total. The van der Waals surface area contributed by atoms with Crippen molar-refractivity contribution >= 4 is 34.4 Å². The Morgan fingerprint density at radius 3 is 3.33 bits per heavy atom. The van der Waals surface area contributed by atoms with E-state index in [1.54, 1.807) is 0 Å². The maximum atomic E-state index is 4.08. The number of fused-ring (bicyclic) bond motifs is 1. The number of hydrogen-bond donors (Lipinski definition) is 1. The van der Waals surface area contributed by atoms with Crippen molar-refractivity contribution in [2.24, 2.45) is 0 Å². The lowest BCUT2D eigenvalue weighted by Gasteiger charge is -1.82. The number of aryl methyl sites for hydroxylation is 1. The lowest BCUT2D eigenvalue weighted by molar-refractivity contribution is 0.976. The van der Waals surface area contributed by atoms with Gasteiger partial charge in [0.1, 0.15) is 3.70 Å². The first-order chi connectivity index (χ1) is 4.38. The van der Waals surface area contributed by atoms with Gasteiger partial charge in [-0.1, -0.05) is 0 Å².